The van der Waals surface area contributed by atoms with E-state index < -0.39 is 5.97 Å². The highest BCUT2D eigenvalue weighted by Gasteiger charge is 2.23. The van der Waals surface area contributed by atoms with Crippen molar-refractivity contribution in [2.45, 2.75) is 38.5 Å². The fourth-order valence-corrected chi connectivity index (χ4v) is 3.40. The zero-order valence-electron chi connectivity index (χ0n) is 14.7. The Hall–Kier alpha value is -1.88. The Kier molecular flexibility index (Phi) is 6.67. The number of aliphatic carboxylic acids is 1. The minimum Gasteiger partial charge on any atom is -0.481 e. The van der Waals surface area contributed by atoms with Gasteiger partial charge in [-0.1, -0.05) is 48.0 Å². The molecule has 1 fully saturated rings. The SMILES string of the molecule is O=C(O)CCN1CCCCC1OCc1ccc(-c2ccc(Cl)cc2)cc1. The molecule has 0 amide bonds. The zero-order valence-corrected chi connectivity index (χ0v) is 15.5. The maximum absolute atomic E-state index is 10.8. The van der Waals surface area contributed by atoms with E-state index in [-0.39, 0.29) is 12.6 Å². The Morgan fingerprint density at radius 1 is 1.08 bits per heavy atom. The number of nitrogens with zero attached hydrogens (tertiary/aromatic N) is 1. The van der Waals surface area contributed by atoms with Gasteiger partial charge in [0, 0.05) is 18.1 Å². The molecular formula is C21H24ClNO3. The van der Waals surface area contributed by atoms with Gasteiger partial charge in [0.1, 0.15) is 6.23 Å². The van der Waals surface area contributed by atoms with Gasteiger partial charge in [0.25, 0.3) is 0 Å². The number of likely N-dealkylation sites (tertiary alicyclic amines) is 1. The van der Waals surface area contributed by atoms with Crippen molar-refractivity contribution in [1.29, 1.82) is 0 Å². The number of hydrogen-bond acceptors (Lipinski definition) is 3. The van der Waals surface area contributed by atoms with Crippen molar-refractivity contribution in [2.24, 2.45) is 0 Å². The fourth-order valence-electron chi connectivity index (χ4n) is 3.27. The molecule has 3 rings (SSSR count). The second kappa shape index (κ2) is 9.17. The van der Waals surface area contributed by atoms with Gasteiger partial charge in [-0.2, -0.15) is 0 Å². The quantitative estimate of drug-likeness (QED) is 0.756. The van der Waals surface area contributed by atoms with Crippen molar-refractivity contribution in [3.8, 4) is 11.1 Å². The van der Waals surface area contributed by atoms with Gasteiger partial charge in [0.15, 0.2) is 0 Å². The van der Waals surface area contributed by atoms with Crippen LogP contribution in [-0.4, -0.2) is 35.3 Å². The van der Waals surface area contributed by atoms with E-state index in [1.165, 1.54) is 0 Å². The van der Waals surface area contributed by atoms with Crippen LogP contribution in [0.2, 0.25) is 5.02 Å². The third kappa shape index (κ3) is 5.31. The molecule has 1 aliphatic rings. The third-order valence-electron chi connectivity index (χ3n) is 4.74. The van der Waals surface area contributed by atoms with Gasteiger partial charge in [0.2, 0.25) is 0 Å². The Balaban J connectivity index is 1.56. The highest BCUT2D eigenvalue weighted by molar-refractivity contribution is 6.30. The second-order valence-electron chi connectivity index (χ2n) is 6.64. The molecule has 1 atom stereocenters. The average molecular weight is 374 g/mol. The summed E-state index contributed by atoms with van der Waals surface area (Å²) in [7, 11) is 0. The van der Waals surface area contributed by atoms with Crippen molar-refractivity contribution in [1.82, 2.24) is 4.90 Å². The minimum absolute atomic E-state index is 0.0130. The molecule has 1 aliphatic heterocycles. The summed E-state index contributed by atoms with van der Waals surface area (Å²) >= 11 is 5.94. The predicted octanol–water partition coefficient (Wildman–Crippen LogP) is 4.81. The van der Waals surface area contributed by atoms with Gasteiger partial charge in [-0.3, -0.25) is 9.69 Å². The van der Waals surface area contributed by atoms with Gasteiger partial charge >= 0.3 is 5.97 Å². The number of ether oxygens (including phenoxy) is 1. The molecule has 26 heavy (non-hydrogen) atoms. The Morgan fingerprint density at radius 3 is 2.38 bits per heavy atom. The topological polar surface area (TPSA) is 49.8 Å². The van der Waals surface area contributed by atoms with Crippen LogP contribution in [0.4, 0.5) is 0 Å². The number of benzene rings is 2. The summed E-state index contributed by atoms with van der Waals surface area (Å²) in [6, 6.07) is 16.1. The number of carboxylic acid groups (broad SMARTS) is 1. The first-order valence-corrected chi connectivity index (χ1v) is 9.42. The van der Waals surface area contributed by atoms with Gasteiger partial charge in [-0.05, 0) is 48.1 Å². The number of carboxylic acids is 1. The Bertz CT molecular complexity index is 715. The Labute approximate surface area is 159 Å². The van der Waals surface area contributed by atoms with E-state index in [1.54, 1.807) is 0 Å². The van der Waals surface area contributed by atoms with Crippen molar-refractivity contribution >= 4 is 17.6 Å². The summed E-state index contributed by atoms with van der Waals surface area (Å²) in [6.45, 7) is 2.00. The van der Waals surface area contributed by atoms with Crippen molar-refractivity contribution < 1.29 is 14.6 Å². The third-order valence-corrected chi connectivity index (χ3v) is 4.99. The molecule has 0 aliphatic carbocycles. The molecule has 0 aromatic heterocycles. The van der Waals surface area contributed by atoms with Crippen molar-refractivity contribution in [2.75, 3.05) is 13.1 Å². The lowest BCUT2D eigenvalue weighted by Gasteiger charge is -2.35. The van der Waals surface area contributed by atoms with Crippen LogP contribution in [0.3, 0.4) is 0 Å². The number of hydrogen-bond donors (Lipinski definition) is 1. The number of piperidine rings is 1. The van der Waals surface area contributed by atoms with E-state index in [2.05, 4.69) is 29.2 Å². The number of carbonyl (C=O) groups is 1. The summed E-state index contributed by atoms with van der Waals surface area (Å²) in [5.41, 5.74) is 3.40. The molecule has 1 heterocycles. The zero-order chi connectivity index (χ0) is 18.4. The van der Waals surface area contributed by atoms with Crippen LogP contribution in [0.25, 0.3) is 11.1 Å². The van der Waals surface area contributed by atoms with Crippen LogP contribution in [-0.2, 0) is 16.1 Å². The number of halogens is 1. The summed E-state index contributed by atoms with van der Waals surface area (Å²) in [6.07, 6.45) is 3.37. The maximum atomic E-state index is 10.8. The molecule has 1 unspecified atom stereocenters. The first-order valence-electron chi connectivity index (χ1n) is 9.04. The van der Waals surface area contributed by atoms with Crippen LogP contribution in [0.5, 0.6) is 0 Å². The van der Waals surface area contributed by atoms with Crippen LogP contribution >= 0.6 is 11.6 Å². The van der Waals surface area contributed by atoms with Gasteiger partial charge in [-0.25, -0.2) is 0 Å². The molecular weight excluding hydrogens is 350 g/mol. The lowest BCUT2D eigenvalue weighted by molar-refractivity contribution is -0.139. The van der Waals surface area contributed by atoms with Crippen LogP contribution in [0.15, 0.2) is 48.5 Å². The minimum atomic E-state index is -0.757. The van der Waals surface area contributed by atoms with Gasteiger partial charge in [0.05, 0.1) is 13.0 Å². The molecule has 1 N–H and O–H groups in total. The van der Waals surface area contributed by atoms with Crippen molar-refractivity contribution in [3.63, 3.8) is 0 Å². The molecule has 5 heteroatoms. The summed E-state index contributed by atoms with van der Waals surface area (Å²) < 4.78 is 6.09. The monoisotopic (exact) mass is 373 g/mol. The molecule has 0 radical (unpaired) electrons. The van der Waals surface area contributed by atoms with E-state index in [0.29, 0.717) is 13.2 Å². The normalized spacial score (nSPS) is 18.0. The number of rotatable bonds is 7. The molecule has 0 bridgehead atoms. The van der Waals surface area contributed by atoms with E-state index in [9.17, 15) is 4.79 Å². The van der Waals surface area contributed by atoms with Crippen LogP contribution < -0.4 is 0 Å². The highest BCUT2D eigenvalue weighted by Crippen LogP contribution is 2.23. The molecule has 4 nitrogen and oxygen atoms in total. The van der Waals surface area contributed by atoms with E-state index in [1.807, 2.05) is 24.3 Å². The van der Waals surface area contributed by atoms with E-state index in [0.717, 1.165) is 47.5 Å². The standard InChI is InChI=1S/C21H24ClNO3/c22-19-10-8-18(9-11-19)17-6-4-16(5-7-17)15-26-20-3-1-2-13-23(20)14-12-21(24)25/h4-11,20H,1-3,12-15H2,(H,24,25). The molecule has 138 valence electrons. The Morgan fingerprint density at radius 2 is 1.73 bits per heavy atom. The summed E-state index contributed by atoms with van der Waals surface area (Å²) in [4.78, 5) is 13.0. The molecule has 1 saturated heterocycles. The summed E-state index contributed by atoms with van der Waals surface area (Å²) in [5, 5.41) is 9.63. The first-order chi connectivity index (χ1) is 12.6. The lowest BCUT2D eigenvalue weighted by atomic mass is 10.0. The predicted molar refractivity (Wildman–Crippen MR) is 103 cm³/mol. The summed E-state index contributed by atoms with van der Waals surface area (Å²) in [5.74, 6) is -0.757. The molecule has 0 saturated carbocycles. The van der Waals surface area contributed by atoms with Gasteiger partial charge < -0.3 is 9.84 Å². The second-order valence-corrected chi connectivity index (χ2v) is 7.08. The lowest BCUT2D eigenvalue weighted by Crippen LogP contribution is -2.42. The van der Waals surface area contributed by atoms with Gasteiger partial charge in [-0.15, -0.1) is 0 Å². The molecule has 0 spiro atoms. The van der Waals surface area contributed by atoms with Crippen molar-refractivity contribution in [3.05, 3.63) is 59.1 Å². The van der Waals surface area contributed by atoms with Crippen LogP contribution in [0, 0.1) is 0 Å². The molecule has 2 aromatic rings. The van der Waals surface area contributed by atoms with E-state index in [4.69, 9.17) is 21.4 Å². The smallest absolute Gasteiger partial charge is 0.304 e. The van der Waals surface area contributed by atoms with Crippen LogP contribution in [0.1, 0.15) is 31.2 Å². The first kappa shape index (κ1) is 18.9. The van der Waals surface area contributed by atoms with E-state index >= 15 is 0 Å². The fraction of sp³-hybridized carbons (Fsp3) is 0.381. The highest BCUT2D eigenvalue weighted by atomic mass is 35.5. The molecule has 2 aromatic carbocycles. The average Bonchev–Trinajstić information content (AvgIpc) is 2.66. The maximum Gasteiger partial charge on any atom is 0.304 e. The largest absolute Gasteiger partial charge is 0.481 e.